The van der Waals surface area contributed by atoms with Gasteiger partial charge < -0.3 is 5.32 Å². The molecule has 1 unspecified atom stereocenters. The van der Waals surface area contributed by atoms with Crippen LogP contribution in [0, 0.1) is 0 Å². The highest BCUT2D eigenvalue weighted by atomic mass is 32.2. The fraction of sp³-hybridized carbons (Fsp3) is 0.571. The first-order valence-corrected chi connectivity index (χ1v) is 8.08. The number of hydrogen-bond donors (Lipinski definition) is 1. The Kier molecular flexibility index (Phi) is 4.75. The molecule has 94 valence electrons. The molecule has 1 aromatic carbocycles. The van der Waals surface area contributed by atoms with E-state index < -0.39 is 10.8 Å². The van der Waals surface area contributed by atoms with Gasteiger partial charge in [0.05, 0.1) is 0 Å². The average Bonchev–Trinajstić information content (AvgIpc) is 3.12. The van der Waals surface area contributed by atoms with Crippen molar-refractivity contribution < 1.29 is 4.21 Å². The largest absolute Gasteiger partial charge is 0.313 e. The smallest absolute Gasteiger partial charge is 0.0244 e. The molecule has 0 radical (unpaired) electrons. The lowest BCUT2D eigenvalue weighted by molar-refractivity contribution is 0.662. The van der Waals surface area contributed by atoms with Crippen molar-refractivity contribution in [2.45, 2.75) is 31.7 Å². The van der Waals surface area contributed by atoms with Crippen LogP contribution in [0.3, 0.4) is 0 Å². The molecule has 0 spiro atoms. The Labute approximate surface area is 106 Å². The molecule has 0 aromatic heterocycles. The minimum Gasteiger partial charge on any atom is -0.313 e. The first-order chi connectivity index (χ1) is 8.25. The van der Waals surface area contributed by atoms with Gasteiger partial charge in [-0.05, 0) is 42.9 Å². The number of hydrogen-bond acceptors (Lipinski definition) is 2. The van der Waals surface area contributed by atoms with Crippen molar-refractivity contribution in [3.63, 3.8) is 0 Å². The molecule has 3 heteroatoms. The minimum atomic E-state index is -0.655. The first-order valence-electron chi connectivity index (χ1n) is 6.35. The van der Waals surface area contributed by atoms with Gasteiger partial charge in [0.25, 0.3) is 0 Å². The zero-order valence-electron chi connectivity index (χ0n) is 10.4. The molecule has 1 saturated carbocycles. The number of benzene rings is 1. The lowest BCUT2D eigenvalue weighted by Gasteiger charge is -2.06. The van der Waals surface area contributed by atoms with E-state index in [0.717, 1.165) is 31.2 Å². The molecular weight excluding hydrogens is 230 g/mol. The van der Waals surface area contributed by atoms with Crippen LogP contribution >= 0.6 is 0 Å². The maximum absolute atomic E-state index is 10.9. The van der Waals surface area contributed by atoms with E-state index in [1.807, 2.05) is 0 Å². The van der Waals surface area contributed by atoms with E-state index in [9.17, 15) is 4.21 Å². The molecule has 1 N–H and O–H groups in total. The minimum absolute atomic E-state index is 0.655. The molecule has 1 aliphatic rings. The first kappa shape index (κ1) is 12.8. The summed E-state index contributed by atoms with van der Waals surface area (Å²) in [5, 5.41) is 3.41. The maximum Gasteiger partial charge on any atom is 0.0244 e. The summed E-state index contributed by atoms with van der Waals surface area (Å²) in [7, 11) is -0.655. The van der Waals surface area contributed by atoms with Gasteiger partial charge in [0, 0.05) is 29.4 Å². The fourth-order valence-corrected chi connectivity index (χ4v) is 2.56. The molecule has 0 aliphatic heterocycles. The average molecular weight is 251 g/mol. The molecule has 0 bridgehead atoms. The lowest BCUT2D eigenvalue weighted by Crippen LogP contribution is -2.16. The Bertz CT molecular complexity index is 388. The van der Waals surface area contributed by atoms with Crippen LogP contribution in [0.15, 0.2) is 24.3 Å². The molecule has 0 saturated heterocycles. The summed E-state index contributed by atoms with van der Waals surface area (Å²) in [4.78, 5) is 0. The SMILES string of the molecule is CS(=O)CCCNCc1cccc(C2CC2)c1. The number of rotatable bonds is 7. The highest BCUT2D eigenvalue weighted by molar-refractivity contribution is 7.84. The van der Waals surface area contributed by atoms with Gasteiger partial charge in [0.2, 0.25) is 0 Å². The summed E-state index contributed by atoms with van der Waals surface area (Å²) in [5.74, 6) is 1.63. The molecule has 1 fully saturated rings. The standard InChI is InChI=1S/C14H21NOS/c1-17(16)9-3-8-15-11-12-4-2-5-14(10-12)13-6-7-13/h2,4-5,10,13,15H,3,6-9,11H2,1H3. The highest BCUT2D eigenvalue weighted by Gasteiger charge is 2.23. The van der Waals surface area contributed by atoms with Crippen LogP contribution in [0.2, 0.25) is 0 Å². The number of nitrogens with one attached hydrogen (secondary N) is 1. The zero-order chi connectivity index (χ0) is 12.1. The van der Waals surface area contributed by atoms with Gasteiger partial charge in [-0.1, -0.05) is 24.3 Å². The van der Waals surface area contributed by atoms with E-state index >= 15 is 0 Å². The molecule has 1 aliphatic carbocycles. The topological polar surface area (TPSA) is 29.1 Å². The Morgan fingerprint density at radius 3 is 2.94 bits per heavy atom. The van der Waals surface area contributed by atoms with E-state index in [4.69, 9.17) is 0 Å². The monoisotopic (exact) mass is 251 g/mol. The van der Waals surface area contributed by atoms with Crippen molar-refractivity contribution in [1.82, 2.24) is 5.32 Å². The lowest BCUT2D eigenvalue weighted by atomic mass is 10.1. The fourth-order valence-electron chi connectivity index (χ4n) is 2.01. The Morgan fingerprint density at radius 2 is 2.24 bits per heavy atom. The van der Waals surface area contributed by atoms with Crippen LogP contribution in [0.4, 0.5) is 0 Å². The summed E-state index contributed by atoms with van der Waals surface area (Å²) < 4.78 is 10.9. The molecule has 2 nitrogen and oxygen atoms in total. The molecule has 17 heavy (non-hydrogen) atoms. The molecular formula is C14H21NOS. The molecule has 1 aromatic rings. The van der Waals surface area contributed by atoms with E-state index in [-0.39, 0.29) is 0 Å². The summed E-state index contributed by atoms with van der Waals surface area (Å²) in [6.45, 7) is 1.88. The normalized spacial score (nSPS) is 17.0. The summed E-state index contributed by atoms with van der Waals surface area (Å²) in [6, 6.07) is 8.90. The molecule has 1 atom stereocenters. The maximum atomic E-state index is 10.9. The van der Waals surface area contributed by atoms with E-state index in [0.29, 0.717) is 0 Å². The predicted molar refractivity (Wildman–Crippen MR) is 73.7 cm³/mol. The van der Waals surface area contributed by atoms with Crippen LogP contribution in [-0.2, 0) is 17.3 Å². The van der Waals surface area contributed by atoms with Crippen LogP contribution < -0.4 is 5.32 Å². The van der Waals surface area contributed by atoms with E-state index in [1.54, 1.807) is 6.26 Å². The van der Waals surface area contributed by atoms with Gasteiger partial charge in [-0.3, -0.25) is 4.21 Å². The van der Waals surface area contributed by atoms with Crippen LogP contribution in [0.5, 0.6) is 0 Å². The van der Waals surface area contributed by atoms with Crippen LogP contribution in [0.25, 0.3) is 0 Å². The third kappa shape index (κ3) is 4.60. The van der Waals surface area contributed by atoms with Gasteiger partial charge in [-0.15, -0.1) is 0 Å². The van der Waals surface area contributed by atoms with E-state index in [2.05, 4.69) is 29.6 Å². The van der Waals surface area contributed by atoms with Crippen molar-refractivity contribution >= 4 is 10.8 Å². The van der Waals surface area contributed by atoms with Crippen molar-refractivity contribution in [3.05, 3.63) is 35.4 Å². The quantitative estimate of drug-likeness (QED) is 0.754. The summed E-state index contributed by atoms with van der Waals surface area (Å²) in [6.07, 6.45) is 5.48. The van der Waals surface area contributed by atoms with Gasteiger partial charge in [-0.25, -0.2) is 0 Å². The predicted octanol–water partition coefficient (Wildman–Crippen LogP) is 2.42. The van der Waals surface area contributed by atoms with Crippen LogP contribution in [0.1, 0.15) is 36.3 Å². The second kappa shape index (κ2) is 6.31. The second-order valence-electron chi connectivity index (χ2n) is 4.83. The van der Waals surface area contributed by atoms with Crippen LogP contribution in [-0.4, -0.2) is 22.8 Å². The van der Waals surface area contributed by atoms with E-state index in [1.165, 1.54) is 24.0 Å². The third-order valence-corrected chi connectivity index (χ3v) is 3.98. The summed E-state index contributed by atoms with van der Waals surface area (Å²) >= 11 is 0. The Balaban J connectivity index is 1.71. The Hall–Kier alpha value is -0.670. The van der Waals surface area contributed by atoms with Gasteiger partial charge in [-0.2, -0.15) is 0 Å². The van der Waals surface area contributed by atoms with Crippen molar-refractivity contribution in [2.75, 3.05) is 18.6 Å². The summed E-state index contributed by atoms with van der Waals surface area (Å²) in [5.41, 5.74) is 2.87. The molecule has 2 rings (SSSR count). The second-order valence-corrected chi connectivity index (χ2v) is 6.38. The molecule has 0 amide bonds. The van der Waals surface area contributed by atoms with Crippen molar-refractivity contribution in [2.24, 2.45) is 0 Å². The van der Waals surface area contributed by atoms with Gasteiger partial charge in [0.15, 0.2) is 0 Å². The third-order valence-electron chi connectivity index (χ3n) is 3.11. The van der Waals surface area contributed by atoms with Crippen molar-refractivity contribution in [3.8, 4) is 0 Å². The van der Waals surface area contributed by atoms with Gasteiger partial charge >= 0.3 is 0 Å². The highest BCUT2D eigenvalue weighted by Crippen LogP contribution is 2.40. The van der Waals surface area contributed by atoms with Gasteiger partial charge in [0.1, 0.15) is 0 Å². The Morgan fingerprint density at radius 1 is 1.41 bits per heavy atom. The zero-order valence-corrected chi connectivity index (χ0v) is 11.3. The molecule has 0 heterocycles. The van der Waals surface area contributed by atoms with Crippen molar-refractivity contribution in [1.29, 1.82) is 0 Å².